The first-order valence-electron chi connectivity index (χ1n) is 12.6. The highest BCUT2D eigenvalue weighted by molar-refractivity contribution is 5.96. The van der Waals surface area contributed by atoms with E-state index in [-0.39, 0.29) is 36.1 Å². The van der Waals surface area contributed by atoms with Crippen LogP contribution in [0, 0.1) is 0 Å². The van der Waals surface area contributed by atoms with E-state index < -0.39 is 30.8 Å². The topological polar surface area (TPSA) is 97.5 Å². The highest BCUT2D eigenvalue weighted by Gasteiger charge is 2.32. The van der Waals surface area contributed by atoms with Gasteiger partial charge in [0.1, 0.15) is 24.2 Å². The molecule has 0 spiro atoms. The lowest BCUT2D eigenvalue weighted by molar-refractivity contribution is -0.139. The summed E-state index contributed by atoms with van der Waals surface area (Å²) >= 11 is 0. The van der Waals surface area contributed by atoms with E-state index in [0.717, 1.165) is 4.57 Å². The van der Waals surface area contributed by atoms with Crippen molar-refractivity contribution in [3.8, 4) is 17.3 Å². The number of carbonyl (C=O) groups is 1. The molecule has 2 aromatic heterocycles. The number of fused-ring (bicyclic) bond motifs is 1. The second-order valence-electron chi connectivity index (χ2n) is 9.70. The van der Waals surface area contributed by atoms with Crippen LogP contribution in [-0.4, -0.2) is 71.2 Å². The van der Waals surface area contributed by atoms with Crippen LogP contribution < -0.4 is 15.4 Å². The van der Waals surface area contributed by atoms with Gasteiger partial charge in [-0.3, -0.25) is 4.79 Å². The van der Waals surface area contributed by atoms with Gasteiger partial charge in [-0.05, 0) is 55.9 Å². The summed E-state index contributed by atoms with van der Waals surface area (Å²) in [6.45, 7) is -0.443. The van der Waals surface area contributed by atoms with Gasteiger partial charge in [0, 0.05) is 29.7 Å². The average molecular weight is 561 g/mol. The zero-order valence-electron chi connectivity index (χ0n) is 21.8. The Balaban J connectivity index is 1.40. The minimum absolute atomic E-state index is 0.0191. The Bertz CT molecular complexity index is 1480. The van der Waals surface area contributed by atoms with Crippen molar-refractivity contribution in [2.24, 2.45) is 0 Å². The Labute approximate surface area is 227 Å². The summed E-state index contributed by atoms with van der Waals surface area (Å²) < 4.78 is 67.3. The lowest BCUT2D eigenvalue weighted by Crippen LogP contribution is -2.46. The average Bonchev–Trinajstić information content (AvgIpc) is 3.53. The van der Waals surface area contributed by atoms with Crippen molar-refractivity contribution in [3.63, 3.8) is 0 Å². The molecule has 212 valence electrons. The van der Waals surface area contributed by atoms with Crippen molar-refractivity contribution in [2.75, 3.05) is 32.6 Å². The first-order valence-corrected chi connectivity index (χ1v) is 12.6. The van der Waals surface area contributed by atoms with E-state index >= 15 is 0 Å². The maximum atomic E-state index is 14.7. The molecular weight excluding hydrogens is 532 g/mol. The molecule has 1 fully saturated rings. The van der Waals surface area contributed by atoms with Crippen LogP contribution in [0.25, 0.3) is 22.5 Å². The SMILES string of the molecule is COc1ccc(C(=O)NCc2nnc(-c3cc4c(N[C@H]5CCN(C)C[C@H]5F)cccc4n3CC(F)(F)F)o2)cc1. The zero-order chi connectivity index (χ0) is 28.4. The van der Waals surface area contributed by atoms with Crippen molar-refractivity contribution < 1.29 is 31.5 Å². The third kappa shape index (κ3) is 6.03. The van der Waals surface area contributed by atoms with E-state index in [0.29, 0.717) is 35.4 Å². The summed E-state index contributed by atoms with van der Waals surface area (Å²) in [5.74, 6) is 0.0827. The summed E-state index contributed by atoms with van der Waals surface area (Å²) in [5.41, 5.74) is 1.24. The third-order valence-corrected chi connectivity index (χ3v) is 6.81. The first-order chi connectivity index (χ1) is 19.1. The Kier molecular flexibility index (Phi) is 7.66. The summed E-state index contributed by atoms with van der Waals surface area (Å²) in [5, 5.41) is 14.2. The Morgan fingerprint density at radius 1 is 1.18 bits per heavy atom. The van der Waals surface area contributed by atoms with Crippen LogP contribution in [0.2, 0.25) is 0 Å². The van der Waals surface area contributed by atoms with Crippen molar-refractivity contribution in [2.45, 2.75) is 37.9 Å². The van der Waals surface area contributed by atoms with E-state index in [1.807, 2.05) is 11.9 Å². The zero-order valence-corrected chi connectivity index (χ0v) is 21.8. The number of aromatic nitrogens is 3. The molecule has 0 unspecified atom stereocenters. The quantitative estimate of drug-likeness (QED) is 0.303. The Morgan fingerprint density at radius 3 is 2.65 bits per heavy atom. The largest absolute Gasteiger partial charge is 0.497 e. The molecule has 5 rings (SSSR count). The van der Waals surface area contributed by atoms with Gasteiger partial charge in [-0.1, -0.05) is 6.07 Å². The number of nitrogens with zero attached hydrogens (tertiary/aromatic N) is 4. The van der Waals surface area contributed by atoms with Crippen LogP contribution in [0.4, 0.5) is 23.2 Å². The predicted molar refractivity (Wildman–Crippen MR) is 140 cm³/mol. The van der Waals surface area contributed by atoms with Gasteiger partial charge in [0.15, 0.2) is 0 Å². The molecule has 13 heteroatoms. The van der Waals surface area contributed by atoms with E-state index in [2.05, 4.69) is 20.8 Å². The molecule has 1 aliphatic rings. The molecular formula is C27H28F4N6O3. The maximum Gasteiger partial charge on any atom is 0.406 e. The number of halogens is 4. The van der Waals surface area contributed by atoms with Gasteiger partial charge in [-0.25, -0.2) is 4.39 Å². The lowest BCUT2D eigenvalue weighted by atomic mass is 10.0. The van der Waals surface area contributed by atoms with Crippen molar-refractivity contribution >= 4 is 22.5 Å². The second-order valence-corrected chi connectivity index (χ2v) is 9.70. The molecule has 40 heavy (non-hydrogen) atoms. The fraction of sp³-hybridized carbons (Fsp3) is 0.370. The van der Waals surface area contributed by atoms with Gasteiger partial charge in [-0.2, -0.15) is 13.2 Å². The molecule has 1 amide bonds. The standard InChI is InChI=1S/C27H28F4N6O3/c1-36-11-10-21(19(28)14-36)33-20-4-3-5-22-18(20)12-23(37(22)15-27(29,30)31)26-35-34-24(40-26)13-32-25(38)16-6-8-17(39-2)9-7-16/h3-9,12,19,21,33H,10-11,13-15H2,1-2H3,(H,32,38)/t19-,21+/m1/s1. The number of ether oxygens (including phenoxy) is 1. The lowest BCUT2D eigenvalue weighted by Gasteiger charge is -2.33. The van der Waals surface area contributed by atoms with E-state index in [1.54, 1.807) is 42.5 Å². The van der Waals surface area contributed by atoms with E-state index in [9.17, 15) is 22.4 Å². The van der Waals surface area contributed by atoms with Crippen molar-refractivity contribution in [1.29, 1.82) is 0 Å². The van der Waals surface area contributed by atoms with Crippen LogP contribution in [-0.2, 0) is 13.1 Å². The summed E-state index contributed by atoms with van der Waals surface area (Å²) in [4.78, 5) is 14.4. The summed E-state index contributed by atoms with van der Waals surface area (Å²) in [6.07, 6.45) is -5.10. The molecule has 0 saturated carbocycles. The molecule has 4 aromatic rings. The fourth-order valence-electron chi connectivity index (χ4n) is 4.78. The molecule has 0 radical (unpaired) electrons. The molecule has 3 heterocycles. The van der Waals surface area contributed by atoms with Crippen LogP contribution >= 0.6 is 0 Å². The van der Waals surface area contributed by atoms with Crippen LogP contribution in [0.5, 0.6) is 5.75 Å². The number of hydrogen-bond acceptors (Lipinski definition) is 7. The third-order valence-electron chi connectivity index (χ3n) is 6.81. The van der Waals surface area contributed by atoms with Crippen LogP contribution in [0.1, 0.15) is 22.7 Å². The smallest absolute Gasteiger partial charge is 0.406 e. The fourth-order valence-corrected chi connectivity index (χ4v) is 4.78. The summed E-state index contributed by atoms with van der Waals surface area (Å²) in [7, 11) is 3.36. The number of nitrogens with one attached hydrogen (secondary N) is 2. The maximum absolute atomic E-state index is 14.7. The summed E-state index contributed by atoms with van der Waals surface area (Å²) in [6, 6.07) is 12.4. The number of alkyl halides is 4. The number of rotatable bonds is 8. The number of likely N-dealkylation sites (tertiary alicyclic amines) is 1. The number of piperidine rings is 1. The number of methoxy groups -OCH3 is 1. The number of hydrogen-bond donors (Lipinski definition) is 2. The Morgan fingerprint density at radius 2 is 1.95 bits per heavy atom. The predicted octanol–water partition coefficient (Wildman–Crippen LogP) is 4.65. The van der Waals surface area contributed by atoms with Crippen molar-refractivity contribution in [3.05, 3.63) is 60.0 Å². The molecule has 2 N–H and O–H groups in total. The normalized spacial score (nSPS) is 18.1. The highest BCUT2D eigenvalue weighted by atomic mass is 19.4. The van der Waals surface area contributed by atoms with E-state index in [1.165, 1.54) is 13.2 Å². The van der Waals surface area contributed by atoms with Gasteiger partial charge < -0.3 is 29.3 Å². The highest BCUT2D eigenvalue weighted by Crippen LogP contribution is 2.35. The number of carbonyl (C=O) groups excluding carboxylic acids is 1. The molecule has 0 bridgehead atoms. The molecule has 0 aliphatic carbocycles. The molecule has 2 atom stereocenters. The number of benzene rings is 2. The first kappa shape index (κ1) is 27.4. The minimum Gasteiger partial charge on any atom is -0.497 e. The molecule has 1 aliphatic heterocycles. The van der Waals surface area contributed by atoms with Gasteiger partial charge in [0.05, 0.1) is 25.2 Å². The molecule has 9 nitrogen and oxygen atoms in total. The Hall–Kier alpha value is -4.13. The van der Waals surface area contributed by atoms with Gasteiger partial charge in [-0.15, -0.1) is 10.2 Å². The van der Waals surface area contributed by atoms with Gasteiger partial charge in [0.25, 0.3) is 11.8 Å². The van der Waals surface area contributed by atoms with Crippen molar-refractivity contribution in [1.82, 2.24) is 25.0 Å². The monoisotopic (exact) mass is 560 g/mol. The van der Waals surface area contributed by atoms with Gasteiger partial charge >= 0.3 is 6.18 Å². The number of anilines is 1. The van der Waals surface area contributed by atoms with Gasteiger partial charge in [0.2, 0.25) is 5.89 Å². The van der Waals surface area contributed by atoms with E-state index in [4.69, 9.17) is 9.15 Å². The number of amides is 1. The molecule has 2 aromatic carbocycles. The second kappa shape index (κ2) is 11.2. The van der Waals surface area contributed by atoms with Crippen LogP contribution in [0.3, 0.4) is 0 Å². The molecule has 1 saturated heterocycles. The van der Waals surface area contributed by atoms with Crippen LogP contribution in [0.15, 0.2) is 52.9 Å². The minimum atomic E-state index is -4.53.